The molecule has 1 rings (SSSR count). The second-order valence-corrected chi connectivity index (χ2v) is 3.04. The fraction of sp³-hybridized carbons (Fsp3) is 0.333. The van der Waals surface area contributed by atoms with E-state index in [-0.39, 0.29) is 6.07 Å². The zero-order chi connectivity index (χ0) is 14.1. The van der Waals surface area contributed by atoms with E-state index in [0.717, 1.165) is 7.11 Å². The van der Waals surface area contributed by atoms with E-state index in [4.69, 9.17) is 0 Å². The Morgan fingerprint density at radius 2 is 1.94 bits per heavy atom. The second kappa shape index (κ2) is 4.83. The second-order valence-electron chi connectivity index (χ2n) is 3.04. The Morgan fingerprint density at radius 3 is 2.33 bits per heavy atom. The molecule has 0 spiro atoms. The average molecular weight is 273 g/mol. The van der Waals surface area contributed by atoms with Gasteiger partial charge in [-0.15, -0.1) is 0 Å². The van der Waals surface area contributed by atoms with E-state index in [0.29, 0.717) is 0 Å². The van der Waals surface area contributed by atoms with Gasteiger partial charge >= 0.3 is 12.1 Å². The van der Waals surface area contributed by atoms with Crippen LogP contribution in [0.4, 0.5) is 26.3 Å². The molecule has 3 nitrogen and oxygen atoms in total. The summed E-state index contributed by atoms with van der Waals surface area (Å²) in [7, 11) is 0.830. The van der Waals surface area contributed by atoms with E-state index in [1.165, 1.54) is 0 Å². The van der Waals surface area contributed by atoms with Crippen molar-refractivity contribution in [3.8, 4) is 0 Å². The lowest BCUT2D eigenvalue weighted by atomic mass is 10.1. The van der Waals surface area contributed by atoms with Crippen LogP contribution in [-0.2, 0) is 10.9 Å². The van der Waals surface area contributed by atoms with Gasteiger partial charge in [-0.05, 0) is 0 Å². The molecule has 0 aliphatic heterocycles. The van der Waals surface area contributed by atoms with Gasteiger partial charge in [0.25, 0.3) is 6.43 Å². The van der Waals surface area contributed by atoms with E-state index in [1.807, 2.05) is 0 Å². The number of pyridine rings is 1. The van der Waals surface area contributed by atoms with Gasteiger partial charge in [0.1, 0.15) is 5.82 Å². The summed E-state index contributed by atoms with van der Waals surface area (Å²) < 4.78 is 79.1. The Bertz CT molecular complexity index is 471. The Morgan fingerprint density at radius 1 is 1.39 bits per heavy atom. The Balaban J connectivity index is 3.52. The molecule has 0 N–H and O–H groups in total. The number of rotatable bonds is 2. The average Bonchev–Trinajstić information content (AvgIpc) is 2.25. The monoisotopic (exact) mass is 273 g/mol. The minimum absolute atomic E-state index is 0.169. The van der Waals surface area contributed by atoms with Crippen LogP contribution in [0.5, 0.6) is 0 Å². The predicted molar refractivity (Wildman–Crippen MR) is 45.5 cm³/mol. The third kappa shape index (κ3) is 2.71. The number of esters is 1. The normalized spacial score (nSPS) is 11.8. The van der Waals surface area contributed by atoms with Gasteiger partial charge in [-0.2, -0.15) is 13.2 Å². The largest absolute Gasteiger partial charge is 0.464 e. The fourth-order valence-electron chi connectivity index (χ4n) is 1.16. The molecule has 0 unspecified atom stereocenters. The smallest absolute Gasteiger partial charge is 0.433 e. The van der Waals surface area contributed by atoms with Crippen LogP contribution in [0.25, 0.3) is 0 Å². The van der Waals surface area contributed by atoms with Crippen LogP contribution in [0.1, 0.15) is 28.2 Å². The summed E-state index contributed by atoms with van der Waals surface area (Å²) in [5.41, 5.74) is -5.07. The van der Waals surface area contributed by atoms with Crippen LogP contribution in [0.2, 0.25) is 0 Å². The SMILES string of the molecule is COC(=O)c1cc(F)c(C(F)F)c(C(F)(F)F)n1. The summed E-state index contributed by atoms with van der Waals surface area (Å²) >= 11 is 0. The van der Waals surface area contributed by atoms with Crippen molar-refractivity contribution in [1.82, 2.24) is 4.98 Å². The number of carbonyl (C=O) groups is 1. The van der Waals surface area contributed by atoms with Gasteiger partial charge in [0, 0.05) is 6.07 Å². The number of hydrogen-bond donors (Lipinski definition) is 0. The van der Waals surface area contributed by atoms with Gasteiger partial charge in [0.05, 0.1) is 12.7 Å². The highest BCUT2D eigenvalue weighted by Gasteiger charge is 2.40. The highest BCUT2D eigenvalue weighted by atomic mass is 19.4. The molecule has 18 heavy (non-hydrogen) atoms. The zero-order valence-electron chi connectivity index (χ0n) is 8.69. The number of halogens is 6. The van der Waals surface area contributed by atoms with Crippen LogP contribution in [0.15, 0.2) is 6.07 Å². The van der Waals surface area contributed by atoms with Crippen molar-refractivity contribution in [2.24, 2.45) is 0 Å². The van der Waals surface area contributed by atoms with Gasteiger partial charge in [0.2, 0.25) is 0 Å². The van der Waals surface area contributed by atoms with Gasteiger partial charge in [-0.1, -0.05) is 0 Å². The van der Waals surface area contributed by atoms with Crippen LogP contribution < -0.4 is 0 Å². The third-order valence-corrected chi connectivity index (χ3v) is 1.89. The lowest BCUT2D eigenvalue weighted by Gasteiger charge is -2.13. The van der Waals surface area contributed by atoms with Gasteiger partial charge in [-0.25, -0.2) is 22.9 Å². The van der Waals surface area contributed by atoms with Crippen LogP contribution in [0.3, 0.4) is 0 Å². The summed E-state index contributed by atoms with van der Waals surface area (Å²) in [4.78, 5) is 13.6. The Labute approximate surface area is 96.4 Å². The van der Waals surface area contributed by atoms with Crippen LogP contribution in [-0.4, -0.2) is 18.1 Å². The molecule has 0 amide bonds. The van der Waals surface area contributed by atoms with Crippen molar-refractivity contribution >= 4 is 5.97 Å². The predicted octanol–water partition coefficient (Wildman–Crippen LogP) is 2.96. The summed E-state index contributed by atoms with van der Waals surface area (Å²) in [6, 6.07) is 0.169. The highest BCUT2D eigenvalue weighted by molar-refractivity contribution is 5.87. The maximum Gasteiger partial charge on any atom is 0.433 e. The topological polar surface area (TPSA) is 39.2 Å². The van der Waals surface area contributed by atoms with Crippen molar-refractivity contribution in [2.75, 3.05) is 7.11 Å². The van der Waals surface area contributed by atoms with Crippen molar-refractivity contribution in [3.05, 3.63) is 28.8 Å². The maximum atomic E-state index is 13.2. The zero-order valence-corrected chi connectivity index (χ0v) is 8.69. The molecule has 0 saturated heterocycles. The van der Waals surface area contributed by atoms with Crippen molar-refractivity contribution in [1.29, 1.82) is 0 Å². The highest BCUT2D eigenvalue weighted by Crippen LogP contribution is 2.36. The Hall–Kier alpha value is -1.80. The summed E-state index contributed by atoms with van der Waals surface area (Å²) in [5.74, 6) is -3.23. The van der Waals surface area contributed by atoms with Gasteiger partial charge in [-0.3, -0.25) is 0 Å². The summed E-state index contributed by atoms with van der Waals surface area (Å²) in [5, 5.41) is 0. The molecule has 1 aromatic rings. The number of methoxy groups -OCH3 is 1. The first-order valence-corrected chi connectivity index (χ1v) is 4.32. The lowest BCUT2D eigenvalue weighted by molar-refractivity contribution is -0.143. The molecule has 0 saturated carbocycles. The molecule has 0 aliphatic carbocycles. The summed E-state index contributed by atoms with van der Waals surface area (Å²) in [6.07, 6.45) is -9.02. The van der Waals surface area contributed by atoms with E-state index < -0.39 is 41.3 Å². The molecule has 100 valence electrons. The van der Waals surface area contributed by atoms with Crippen molar-refractivity contribution in [3.63, 3.8) is 0 Å². The van der Waals surface area contributed by atoms with E-state index in [1.54, 1.807) is 0 Å². The third-order valence-electron chi connectivity index (χ3n) is 1.89. The first-order valence-electron chi connectivity index (χ1n) is 4.32. The van der Waals surface area contributed by atoms with E-state index >= 15 is 0 Å². The molecule has 1 aromatic heterocycles. The molecular weight excluding hydrogens is 268 g/mol. The molecule has 0 atom stereocenters. The number of nitrogens with zero attached hydrogens (tertiary/aromatic N) is 1. The molecule has 9 heteroatoms. The van der Waals surface area contributed by atoms with Crippen LogP contribution >= 0.6 is 0 Å². The molecule has 0 bridgehead atoms. The number of carbonyl (C=O) groups excluding carboxylic acids is 1. The minimum atomic E-state index is -5.31. The molecule has 0 radical (unpaired) electrons. The standard InChI is InChI=1S/C9H5F6NO2/c1-18-8(17)4-2-3(10)5(7(11)12)6(16-4)9(13,14)15/h2,7H,1H3. The molecule has 0 fully saturated rings. The minimum Gasteiger partial charge on any atom is -0.464 e. The van der Waals surface area contributed by atoms with E-state index in [9.17, 15) is 31.1 Å². The van der Waals surface area contributed by atoms with Crippen LogP contribution in [0, 0.1) is 5.82 Å². The van der Waals surface area contributed by atoms with Crippen molar-refractivity contribution in [2.45, 2.75) is 12.6 Å². The number of aromatic nitrogens is 1. The molecule has 1 heterocycles. The van der Waals surface area contributed by atoms with Crippen molar-refractivity contribution < 1.29 is 35.9 Å². The fourth-order valence-corrected chi connectivity index (χ4v) is 1.16. The maximum absolute atomic E-state index is 13.2. The first kappa shape index (κ1) is 14.3. The molecular formula is C9H5F6NO2. The quantitative estimate of drug-likeness (QED) is 0.614. The van der Waals surface area contributed by atoms with Gasteiger partial charge < -0.3 is 4.74 Å². The number of alkyl halides is 5. The number of ether oxygens (including phenoxy) is 1. The first-order chi connectivity index (χ1) is 8.18. The Kier molecular flexibility index (Phi) is 3.82. The number of hydrogen-bond acceptors (Lipinski definition) is 3. The lowest BCUT2D eigenvalue weighted by Crippen LogP contribution is -2.18. The summed E-state index contributed by atoms with van der Waals surface area (Å²) in [6.45, 7) is 0. The van der Waals surface area contributed by atoms with E-state index in [2.05, 4.69) is 9.72 Å². The molecule has 0 aliphatic rings. The molecule has 0 aromatic carbocycles. The van der Waals surface area contributed by atoms with Gasteiger partial charge in [0.15, 0.2) is 11.4 Å².